The van der Waals surface area contributed by atoms with E-state index in [0.29, 0.717) is 42.0 Å². The van der Waals surface area contributed by atoms with Gasteiger partial charge in [-0.15, -0.1) is 0 Å². The molecule has 0 spiro atoms. The molecule has 2 aromatic heterocycles. The van der Waals surface area contributed by atoms with Crippen LogP contribution in [0, 0.1) is 5.41 Å². The van der Waals surface area contributed by atoms with Gasteiger partial charge in [-0.25, -0.2) is 9.97 Å². The lowest BCUT2D eigenvalue weighted by Crippen LogP contribution is -2.58. The minimum absolute atomic E-state index is 0.0699. The number of hydrogen-bond acceptors (Lipinski definition) is 9. The quantitative estimate of drug-likeness (QED) is 0.341. The van der Waals surface area contributed by atoms with Crippen LogP contribution in [0.5, 0.6) is 5.75 Å². The SMILES string of the molecule is CN[C@@H](C)C(=O)N[C@H](C(=O)N1CCC[C@H]1C(=O)Cc1cc2c(Nc3ccncc3)ncnc2cc1OC)C(C)(C)C. The van der Waals surface area contributed by atoms with E-state index in [9.17, 15) is 14.4 Å². The molecule has 0 radical (unpaired) electrons. The lowest BCUT2D eigenvalue weighted by molar-refractivity contribution is -0.143. The summed E-state index contributed by atoms with van der Waals surface area (Å²) in [5.41, 5.74) is 1.62. The van der Waals surface area contributed by atoms with Crippen LogP contribution in [-0.2, 0) is 20.8 Å². The molecule has 1 aromatic carbocycles. The van der Waals surface area contributed by atoms with Crippen LogP contribution in [0.4, 0.5) is 11.5 Å². The Morgan fingerprint density at radius 2 is 1.88 bits per heavy atom. The number of Topliss-reactive ketones (excluding diaryl/α,β-unsaturated/α-hetero) is 1. The number of carbonyl (C=O) groups excluding carboxylic acids is 3. The maximum absolute atomic E-state index is 13.8. The van der Waals surface area contributed by atoms with Crippen LogP contribution >= 0.6 is 0 Å². The monoisotopic (exact) mass is 561 g/mol. The minimum atomic E-state index is -0.770. The van der Waals surface area contributed by atoms with Gasteiger partial charge >= 0.3 is 0 Å². The summed E-state index contributed by atoms with van der Waals surface area (Å²) in [5, 5.41) is 9.84. The third kappa shape index (κ3) is 6.79. The number of hydrogen-bond donors (Lipinski definition) is 3. The lowest BCUT2D eigenvalue weighted by Gasteiger charge is -2.36. The first-order chi connectivity index (χ1) is 19.5. The fourth-order valence-electron chi connectivity index (χ4n) is 5.01. The Morgan fingerprint density at radius 3 is 2.54 bits per heavy atom. The molecule has 0 saturated carbocycles. The molecule has 3 N–H and O–H groups in total. The summed E-state index contributed by atoms with van der Waals surface area (Å²) in [6, 6.07) is 5.52. The van der Waals surface area contributed by atoms with Crippen LogP contribution in [0.2, 0.25) is 0 Å². The molecule has 3 atom stereocenters. The number of pyridine rings is 1. The predicted octanol–water partition coefficient (Wildman–Crippen LogP) is 3.02. The number of likely N-dealkylation sites (N-methyl/N-ethyl adjacent to an activating group) is 1. The van der Waals surface area contributed by atoms with E-state index in [1.54, 1.807) is 44.4 Å². The second kappa shape index (κ2) is 12.6. The Hall–Kier alpha value is -4.12. The Bertz CT molecular complexity index is 1410. The van der Waals surface area contributed by atoms with Crippen molar-refractivity contribution >= 4 is 40.0 Å². The second-order valence-corrected chi connectivity index (χ2v) is 11.4. The predicted molar refractivity (Wildman–Crippen MR) is 157 cm³/mol. The summed E-state index contributed by atoms with van der Waals surface area (Å²) < 4.78 is 5.63. The first kappa shape index (κ1) is 29.9. The van der Waals surface area contributed by atoms with Crippen molar-refractivity contribution in [3.05, 3.63) is 48.5 Å². The van der Waals surface area contributed by atoms with Gasteiger partial charge in [-0.1, -0.05) is 20.8 Å². The Labute approximate surface area is 240 Å². The van der Waals surface area contributed by atoms with E-state index in [4.69, 9.17) is 4.74 Å². The molecule has 11 heteroatoms. The molecule has 4 rings (SSSR count). The summed E-state index contributed by atoms with van der Waals surface area (Å²) in [7, 11) is 3.25. The van der Waals surface area contributed by atoms with Crippen molar-refractivity contribution in [2.24, 2.45) is 5.41 Å². The number of carbonyl (C=O) groups is 3. The van der Waals surface area contributed by atoms with Gasteiger partial charge in [0.15, 0.2) is 5.78 Å². The van der Waals surface area contributed by atoms with Crippen molar-refractivity contribution in [3.63, 3.8) is 0 Å². The molecule has 1 saturated heterocycles. The summed E-state index contributed by atoms with van der Waals surface area (Å²) in [6.45, 7) is 7.93. The molecule has 0 unspecified atom stereocenters. The van der Waals surface area contributed by atoms with Gasteiger partial charge in [0.2, 0.25) is 11.8 Å². The molecule has 11 nitrogen and oxygen atoms in total. The Balaban J connectivity index is 1.59. The topological polar surface area (TPSA) is 138 Å². The molecular weight excluding hydrogens is 522 g/mol. The number of fused-ring (bicyclic) bond motifs is 1. The summed E-state index contributed by atoms with van der Waals surface area (Å²) in [5.74, 6) is 0.539. The standard InChI is InChI=1S/C30H39N7O4/c1-18(31-5)28(39)36-26(30(2,3)4)29(40)37-13-7-8-23(37)24(38)15-19-14-21-22(16-25(19)41-6)33-17-34-27(21)35-20-9-11-32-12-10-20/h9-12,14,16-18,23,26,31H,7-8,13,15H2,1-6H3,(H,36,39)(H,32,33,34,35)/t18-,23-,26+/m0/s1. The zero-order chi connectivity index (χ0) is 29.7. The molecule has 2 amide bonds. The van der Waals surface area contributed by atoms with E-state index in [1.165, 1.54) is 6.33 Å². The fourth-order valence-corrected chi connectivity index (χ4v) is 5.01. The molecule has 1 aliphatic heterocycles. The van der Waals surface area contributed by atoms with E-state index < -0.39 is 23.5 Å². The number of ketones is 1. The largest absolute Gasteiger partial charge is 0.496 e. The van der Waals surface area contributed by atoms with E-state index in [2.05, 4.69) is 30.9 Å². The number of ether oxygens (including phenoxy) is 1. The molecule has 41 heavy (non-hydrogen) atoms. The Morgan fingerprint density at radius 1 is 1.15 bits per heavy atom. The van der Waals surface area contributed by atoms with Gasteiger partial charge < -0.3 is 25.6 Å². The first-order valence-corrected chi connectivity index (χ1v) is 13.8. The number of benzene rings is 1. The second-order valence-electron chi connectivity index (χ2n) is 11.4. The zero-order valence-corrected chi connectivity index (χ0v) is 24.5. The van der Waals surface area contributed by atoms with Gasteiger partial charge in [0.05, 0.1) is 24.7 Å². The average Bonchev–Trinajstić information content (AvgIpc) is 3.45. The minimum Gasteiger partial charge on any atom is -0.496 e. The van der Waals surface area contributed by atoms with Crippen molar-refractivity contribution < 1.29 is 19.1 Å². The summed E-state index contributed by atoms with van der Waals surface area (Å²) in [6.07, 6.45) is 6.19. The number of nitrogens with one attached hydrogen (secondary N) is 3. The van der Waals surface area contributed by atoms with E-state index in [0.717, 1.165) is 11.1 Å². The molecule has 0 aliphatic carbocycles. The smallest absolute Gasteiger partial charge is 0.246 e. The fraction of sp³-hybridized carbons (Fsp3) is 0.467. The maximum Gasteiger partial charge on any atom is 0.246 e. The summed E-state index contributed by atoms with van der Waals surface area (Å²) >= 11 is 0. The highest BCUT2D eigenvalue weighted by Gasteiger charge is 2.42. The summed E-state index contributed by atoms with van der Waals surface area (Å²) in [4.78, 5) is 54.7. The van der Waals surface area contributed by atoms with Crippen molar-refractivity contribution in [3.8, 4) is 5.75 Å². The normalized spacial score (nSPS) is 16.7. The highest BCUT2D eigenvalue weighted by molar-refractivity contribution is 5.97. The van der Waals surface area contributed by atoms with Crippen LogP contribution in [0.15, 0.2) is 43.0 Å². The molecule has 3 aromatic rings. The Kier molecular flexibility index (Phi) is 9.17. The highest BCUT2D eigenvalue weighted by atomic mass is 16.5. The number of nitrogens with zero attached hydrogens (tertiary/aromatic N) is 4. The van der Waals surface area contributed by atoms with Crippen molar-refractivity contribution in [1.82, 2.24) is 30.5 Å². The molecular formula is C30H39N7O4. The third-order valence-electron chi connectivity index (χ3n) is 7.48. The molecule has 1 fully saturated rings. The zero-order valence-electron chi connectivity index (χ0n) is 24.5. The highest BCUT2D eigenvalue weighted by Crippen LogP contribution is 2.32. The number of aromatic nitrogens is 3. The number of rotatable bonds is 10. The number of amides is 2. The molecule has 3 heterocycles. The van der Waals surface area contributed by atoms with Crippen molar-refractivity contribution in [2.45, 2.75) is 65.1 Å². The molecule has 218 valence electrons. The van der Waals surface area contributed by atoms with Gasteiger partial charge in [0.25, 0.3) is 0 Å². The number of anilines is 2. The van der Waals surface area contributed by atoms with Crippen LogP contribution in [0.25, 0.3) is 10.9 Å². The van der Waals surface area contributed by atoms with Gasteiger partial charge in [-0.3, -0.25) is 19.4 Å². The molecule has 1 aliphatic rings. The van der Waals surface area contributed by atoms with Crippen LogP contribution in [0.1, 0.15) is 46.1 Å². The van der Waals surface area contributed by atoms with Crippen molar-refractivity contribution in [1.29, 1.82) is 0 Å². The van der Waals surface area contributed by atoms with Crippen LogP contribution in [0.3, 0.4) is 0 Å². The first-order valence-electron chi connectivity index (χ1n) is 13.8. The van der Waals surface area contributed by atoms with E-state index in [1.807, 2.05) is 39.0 Å². The van der Waals surface area contributed by atoms with Crippen LogP contribution < -0.4 is 20.7 Å². The van der Waals surface area contributed by atoms with E-state index >= 15 is 0 Å². The number of likely N-dealkylation sites (tertiary alicyclic amines) is 1. The van der Waals surface area contributed by atoms with Gasteiger partial charge in [-0.2, -0.15) is 0 Å². The third-order valence-corrected chi connectivity index (χ3v) is 7.48. The lowest BCUT2D eigenvalue weighted by atomic mass is 9.85. The molecule has 0 bridgehead atoms. The van der Waals surface area contributed by atoms with Gasteiger partial charge in [-0.05, 0) is 50.4 Å². The van der Waals surface area contributed by atoms with Crippen molar-refractivity contribution in [2.75, 3.05) is 26.0 Å². The maximum atomic E-state index is 13.8. The number of methoxy groups -OCH3 is 1. The van der Waals surface area contributed by atoms with E-state index in [-0.39, 0.29) is 24.0 Å². The van der Waals surface area contributed by atoms with Crippen LogP contribution in [-0.4, -0.2) is 76.3 Å². The van der Waals surface area contributed by atoms with Gasteiger partial charge in [0.1, 0.15) is 23.9 Å². The average molecular weight is 562 g/mol. The van der Waals surface area contributed by atoms with Gasteiger partial charge in [0, 0.05) is 48.1 Å².